The number of halogens is 1. The van der Waals surface area contributed by atoms with Crippen molar-refractivity contribution in [3.63, 3.8) is 0 Å². The lowest BCUT2D eigenvalue weighted by molar-refractivity contribution is 0.575. The van der Waals surface area contributed by atoms with Crippen LogP contribution in [0.1, 0.15) is 19.4 Å². The topological polar surface area (TPSA) is 84.2 Å². The van der Waals surface area contributed by atoms with Gasteiger partial charge in [-0.05, 0) is 32.0 Å². The molecule has 18 heavy (non-hydrogen) atoms. The molecule has 0 aliphatic rings. The van der Waals surface area contributed by atoms with E-state index in [4.69, 9.17) is 29.6 Å². The standard InChI is InChI=1S/C10H14ClN3O2S2/c1-6(2)13-18(15,16)14-9-5-7(11)3-4-8(9)10(12)17/h3-6,13-14H,1-2H3,(H2,12,17). The molecule has 1 aromatic rings. The van der Waals surface area contributed by atoms with Crippen LogP contribution in [0, 0.1) is 0 Å². The number of hydrogen-bond donors (Lipinski definition) is 3. The van der Waals surface area contributed by atoms with E-state index in [0.29, 0.717) is 10.6 Å². The van der Waals surface area contributed by atoms with E-state index in [1.54, 1.807) is 26.0 Å². The van der Waals surface area contributed by atoms with Crippen molar-refractivity contribution >= 4 is 44.7 Å². The fraction of sp³-hybridized carbons (Fsp3) is 0.300. The molecule has 0 heterocycles. The Morgan fingerprint density at radius 2 is 2.06 bits per heavy atom. The average molecular weight is 308 g/mol. The molecule has 0 radical (unpaired) electrons. The zero-order valence-corrected chi connectivity index (χ0v) is 12.3. The lowest BCUT2D eigenvalue weighted by Gasteiger charge is -2.14. The van der Waals surface area contributed by atoms with E-state index in [1.165, 1.54) is 6.07 Å². The van der Waals surface area contributed by atoms with Crippen molar-refractivity contribution in [2.24, 2.45) is 5.73 Å². The quantitative estimate of drug-likeness (QED) is 0.722. The SMILES string of the molecule is CC(C)NS(=O)(=O)Nc1cc(Cl)ccc1C(N)=S. The normalized spacial score (nSPS) is 11.6. The van der Waals surface area contributed by atoms with Crippen LogP contribution in [-0.2, 0) is 10.2 Å². The molecule has 0 amide bonds. The zero-order chi connectivity index (χ0) is 13.9. The molecule has 0 aromatic heterocycles. The summed E-state index contributed by atoms with van der Waals surface area (Å²) in [5.41, 5.74) is 6.19. The lowest BCUT2D eigenvalue weighted by Crippen LogP contribution is -2.35. The Labute approximate surface area is 117 Å². The Bertz CT molecular complexity index is 558. The molecule has 0 fully saturated rings. The number of anilines is 1. The predicted octanol–water partition coefficient (Wildman–Crippen LogP) is 1.63. The van der Waals surface area contributed by atoms with Gasteiger partial charge in [-0.1, -0.05) is 23.8 Å². The maximum atomic E-state index is 11.7. The van der Waals surface area contributed by atoms with Gasteiger partial charge in [0.2, 0.25) is 0 Å². The van der Waals surface area contributed by atoms with E-state index in [9.17, 15) is 8.42 Å². The molecular weight excluding hydrogens is 294 g/mol. The fourth-order valence-corrected chi connectivity index (χ4v) is 2.79. The van der Waals surface area contributed by atoms with Crippen LogP contribution >= 0.6 is 23.8 Å². The van der Waals surface area contributed by atoms with E-state index < -0.39 is 10.2 Å². The predicted molar refractivity (Wildman–Crippen MR) is 78.2 cm³/mol. The number of nitrogens with one attached hydrogen (secondary N) is 2. The Morgan fingerprint density at radius 1 is 1.44 bits per heavy atom. The van der Waals surface area contributed by atoms with Crippen LogP contribution < -0.4 is 15.2 Å². The summed E-state index contributed by atoms with van der Waals surface area (Å²) in [7, 11) is -3.68. The van der Waals surface area contributed by atoms with Crippen LogP contribution in [0.25, 0.3) is 0 Å². The molecule has 0 unspecified atom stereocenters. The second kappa shape index (κ2) is 5.83. The highest BCUT2D eigenvalue weighted by Crippen LogP contribution is 2.21. The van der Waals surface area contributed by atoms with E-state index in [1.807, 2.05) is 0 Å². The van der Waals surface area contributed by atoms with Crippen molar-refractivity contribution in [3.05, 3.63) is 28.8 Å². The molecule has 100 valence electrons. The number of hydrogen-bond acceptors (Lipinski definition) is 3. The molecule has 8 heteroatoms. The first-order valence-electron chi connectivity index (χ1n) is 5.10. The summed E-state index contributed by atoms with van der Waals surface area (Å²) in [6, 6.07) is 4.38. The summed E-state index contributed by atoms with van der Waals surface area (Å²) in [6.07, 6.45) is 0. The molecule has 0 aliphatic heterocycles. The van der Waals surface area contributed by atoms with Gasteiger partial charge < -0.3 is 5.73 Å². The molecular formula is C10H14ClN3O2S2. The van der Waals surface area contributed by atoms with Gasteiger partial charge in [0.1, 0.15) is 4.99 Å². The minimum atomic E-state index is -3.68. The number of thiocarbonyl (C=S) groups is 1. The maximum absolute atomic E-state index is 11.7. The van der Waals surface area contributed by atoms with Crippen LogP contribution in [0.3, 0.4) is 0 Å². The third-order valence-corrected chi connectivity index (χ3v) is 3.61. The largest absolute Gasteiger partial charge is 0.389 e. The van der Waals surface area contributed by atoms with Crippen molar-refractivity contribution in [3.8, 4) is 0 Å². The molecule has 0 atom stereocenters. The van der Waals surface area contributed by atoms with E-state index >= 15 is 0 Å². The molecule has 0 saturated heterocycles. The van der Waals surface area contributed by atoms with Gasteiger partial charge in [-0.2, -0.15) is 13.1 Å². The van der Waals surface area contributed by atoms with E-state index in [-0.39, 0.29) is 16.7 Å². The number of benzene rings is 1. The summed E-state index contributed by atoms with van der Waals surface area (Å²) < 4.78 is 28.2. The highest BCUT2D eigenvalue weighted by Gasteiger charge is 2.15. The van der Waals surface area contributed by atoms with E-state index in [0.717, 1.165) is 0 Å². The molecule has 0 aliphatic carbocycles. The summed E-state index contributed by atoms with van der Waals surface area (Å²) >= 11 is 10.7. The van der Waals surface area contributed by atoms with Crippen LogP contribution in [0.5, 0.6) is 0 Å². The first-order valence-corrected chi connectivity index (χ1v) is 7.37. The van der Waals surface area contributed by atoms with Gasteiger partial charge in [0.25, 0.3) is 10.2 Å². The van der Waals surface area contributed by atoms with Crippen LogP contribution in [0.2, 0.25) is 5.02 Å². The van der Waals surface area contributed by atoms with Crippen molar-refractivity contribution in [2.45, 2.75) is 19.9 Å². The Balaban J connectivity index is 3.10. The maximum Gasteiger partial charge on any atom is 0.299 e. The summed E-state index contributed by atoms with van der Waals surface area (Å²) in [4.78, 5) is 0.0916. The minimum absolute atomic E-state index is 0.0916. The minimum Gasteiger partial charge on any atom is -0.389 e. The molecule has 5 nitrogen and oxygen atoms in total. The first-order chi connectivity index (χ1) is 8.21. The molecule has 4 N–H and O–H groups in total. The third-order valence-electron chi connectivity index (χ3n) is 1.88. The lowest BCUT2D eigenvalue weighted by atomic mass is 10.2. The highest BCUT2D eigenvalue weighted by molar-refractivity contribution is 7.90. The van der Waals surface area contributed by atoms with Crippen molar-refractivity contribution < 1.29 is 8.42 Å². The third kappa shape index (κ3) is 4.41. The van der Waals surface area contributed by atoms with Crippen LogP contribution in [0.15, 0.2) is 18.2 Å². The number of rotatable bonds is 5. The van der Waals surface area contributed by atoms with Gasteiger partial charge in [-0.15, -0.1) is 0 Å². The van der Waals surface area contributed by atoms with Crippen LogP contribution in [-0.4, -0.2) is 19.4 Å². The van der Waals surface area contributed by atoms with Crippen molar-refractivity contribution in [2.75, 3.05) is 4.72 Å². The molecule has 1 rings (SSSR count). The number of nitrogens with two attached hydrogens (primary N) is 1. The molecule has 0 spiro atoms. The molecule has 0 saturated carbocycles. The Morgan fingerprint density at radius 3 is 2.56 bits per heavy atom. The fourth-order valence-electron chi connectivity index (χ4n) is 1.30. The zero-order valence-electron chi connectivity index (χ0n) is 9.90. The molecule has 0 bridgehead atoms. The second-order valence-corrected chi connectivity index (χ2v) is 6.26. The first kappa shape index (κ1) is 15.2. The van der Waals surface area contributed by atoms with Crippen molar-refractivity contribution in [1.82, 2.24) is 4.72 Å². The Hall–Kier alpha value is -0.890. The smallest absolute Gasteiger partial charge is 0.299 e. The van der Waals surface area contributed by atoms with Crippen molar-refractivity contribution in [1.29, 1.82) is 0 Å². The Kier molecular flexibility index (Phi) is 4.92. The van der Waals surface area contributed by atoms with Gasteiger partial charge >= 0.3 is 0 Å². The summed E-state index contributed by atoms with van der Waals surface area (Å²) in [5, 5.41) is 0.386. The van der Waals surface area contributed by atoms with Gasteiger partial charge in [-0.3, -0.25) is 4.72 Å². The van der Waals surface area contributed by atoms with Gasteiger partial charge in [0, 0.05) is 16.6 Å². The average Bonchev–Trinajstić information content (AvgIpc) is 2.13. The summed E-state index contributed by atoms with van der Waals surface area (Å²) in [5.74, 6) is 0. The van der Waals surface area contributed by atoms with Gasteiger partial charge in [0.05, 0.1) is 5.69 Å². The van der Waals surface area contributed by atoms with Gasteiger partial charge in [-0.25, -0.2) is 0 Å². The monoisotopic (exact) mass is 307 g/mol. The van der Waals surface area contributed by atoms with Crippen LogP contribution in [0.4, 0.5) is 5.69 Å². The molecule has 1 aromatic carbocycles. The van der Waals surface area contributed by atoms with Gasteiger partial charge in [0.15, 0.2) is 0 Å². The van der Waals surface area contributed by atoms with E-state index in [2.05, 4.69) is 9.44 Å². The summed E-state index contributed by atoms with van der Waals surface area (Å²) in [6.45, 7) is 3.43. The highest BCUT2D eigenvalue weighted by atomic mass is 35.5. The second-order valence-electron chi connectivity index (χ2n) is 3.93.